The van der Waals surface area contributed by atoms with E-state index in [0.29, 0.717) is 23.2 Å². The van der Waals surface area contributed by atoms with Gasteiger partial charge in [-0.05, 0) is 74.0 Å². The molecule has 0 spiro atoms. The van der Waals surface area contributed by atoms with Crippen LogP contribution in [-0.2, 0) is 11.2 Å². The number of nitrogens with one attached hydrogen (secondary N) is 1. The summed E-state index contributed by atoms with van der Waals surface area (Å²) in [5, 5.41) is 12.4. The number of ether oxygens (including phenoxy) is 1. The maximum Gasteiger partial charge on any atom is 0.230 e. The highest BCUT2D eigenvalue weighted by Crippen LogP contribution is 2.55. The lowest BCUT2D eigenvalue weighted by Crippen LogP contribution is -2.60. The van der Waals surface area contributed by atoms with Gasteiger partial charge in [-0.1, -0.05) is 23.9 Å². The van der Waals surface area contributed by atoms with Crippen molar-refractivity contribution < 1.29 is 9.53 Å². The second kappa shape index (κ2) is 7.80. The highest BCUT2D eigenvalue weighted by molar-refractivity contribution is 7.99. The lowest BCUT2D eigenvalue weighted by molar-refractivity contribution is -0.124. The van der Waals surface area contributed by atoms with Gasteiger partial charge in [-0.2, -0.15) is 0 Å². The van der Waals surface area contributed by atoms with Gasteiger partial charge in [0, 0.05) is 12.0 Å². The van der Waals surface area contributed by atoms with E-state index in [2.05, 4.69) is 15.5 Å². The molecular weight excluding hydrogens is 398 g/mol. The molecule has 4 aliphatic carbocycles. The fourth-order valence-electron chi connectivity index (χ4n) is 6.18. The van der Waals surface area contributed by atoms with E-state index in [1.165, 1.54) is 35.7 Å². The molecule has 4 fully saturated rings. The Kier molecular flexibility index (Phi) is 5.13. The van der Waals surface area contributed by atoms with Crippen LogP contribution in [0.2, 0.25) is 0 Å². The molecule has 2 aromatic rings. The van der Waals surface area contributed by atoms with E-state index >= 15 is 0 Å². The van der Waals surface area contributed by atoms with E-state index < -0.39 is 0 Å². The zero-order valence-corrected chi connectivity index (χ0v) is 18.2. The molecule has 1 aromatic carbocycles. The largest absolute Gasteiger partial charge is 0.497 e. The zero-order chi connectivity index (χ0) is 20.7. The molecule has 8 heteroatoms. The Morgan fingerprint density at radius 2 is 1.80 bits per heavy atom. The van der Waals surface area contributed by atoms with Crippen LogP contribution in [-0.4, -0.2) is 39.2 Å². The third kappa shape index (κ3) is 3.89. The van der Waals surface area contributed by atoms with Gasteiger partial charge in [0.15, 0.2) is 5.82 Å². The average molecular weight is 428 g/mol. The van der Waals surface area contributed by atoms with Crippen LogP contribution in [0.5, 0.6) is 5.75 Å². The number of carbonyl (C=O) groups is 1. The number of benzene rings is 1. The van der Waals surface area contributed by atoms with Crippen LogP contribution in [0.15, 0.2) is 29.4 Å². The molecule has 7 nitrogen and oxygen atoms in total. The van der Waals surface area contributed by atoms with Crippen molar-refractivity contribution in [2.75, 3.05) is 18.7 Å². The van der Waals surface area contributed by atoms with E-state index in [0.717, 1.165) is 48.3 Å². The first-order valence-corrected chi connectivity index (χ1v) is 11.8. The smallest absolute Gasteiger partial charge is 0.230 e. The minimum Gasteiger partial charge on any atom is -0.497 e. The summed E-state index contributed by atoms with van der Waals surface area (Å²) in [6.07, 6.45) is 8.18. The Morgan fingerprint density at radius 1 is 1.17 bits per heavy atom. The van der Waals surface area contributed by atoms with Gasteiger partial charge in [-0.25, -0.2) is 4.68 Å². The fraction of sp³-hybridized carbons (Fsp3) is 0.591. The number of nitrogens with two attached hydrogens (primary N) is 1. The molecule has 1 heterocycles. The maximum atomic E-state index is 12.7. The lowest BCUT2D eigenvalue weighted by atomic mass is 9.53. The number of carbonyl (C=O) groups excluding carboxylic acids is 1. The normalized spacial score (nSPS) is 29.2. The van der Waals surface area contributed by atoms with E-state index in [9.17, 15) is 4.79 Å². The summed E-state index contributed by atoms with van der Waals surface area (Å²) in [6, 6.07) is 7.80. The molecule has 4 bridgehead atoms. The third-order valence-electron chi connectivity index (χ3n) is 7.03. The van der Waals surface area contributed by atoms with Gasteiger partial charge in [-0.15, -0.1) is 10.2 Å². The van der Waals surface area contributed by atoms with Gasteiger partial charge in [0.05, 0.1) is 12.9 Å². The van der Waals surface area contributed by atoms with Gasteiger partial charge in [-0.3, -0.25) is 4.79 Å². The van der Waals surface area contributed by atoms with Gasteiger partial charge in [0.1, 0.15) is 5.75 Å². The van der Waals surface area contributed by atoms with Crippen molar-refractivity contribution in [3.05, 3.63) is 35.7 Å². The van der Waals surface area contributed by atoms with E-state index in [4.69, 9.17) is 10.6 Å². The van der Waals surface area contributed by atoms with Crippen LogP contribution in [0.3, 0.4) is 0 Å². The fourth-order valence-corrected chi connectivity index (χ4v) is 6.85. The van der Waals surface area contributed by atoms with Crippen molar-refractivity contribution in [1.29, 1.82) is 0 Å². The van der Waals surface area contributed by atoms with Crippen LogP contribution in [0.25, 0.3) is 0 Å². The predicted octanol–water partition coefficient (Wildman–Crippen LogP) is 2.77. The molecule has 3 N–H and O–H groups in total. The number of nitrogens with zero attached hydrogens (tertiary/aromatic N) is 3. The van der Waals surface area contributed by atoms with Crippen LogP contribution < -0.4 is 15.9 Å². The minimum atomic E-state index is 0.0440. The SMILES string of the molecule is COc1ccc(Cc2nnc(SCC(=O)NC34CC5CC(CC(C5)C3)C4)n2N)cc1. The zero-order valence-electron chi connectivity index (χ0n) is 17.3. The van der Waals surface area contributed by atoms with Crippen molar-refractivity contribution in [3.8, 4) is 5.75 Å². The number of thioether (sulfide) groups is 1. The van der Waals surface area contributed by atoms with E-state index in [-0.39, 0.29) is 11.4 Å². The summed E-state index contributed by atoms with van der Waals surface area (Å²) in [4.78, 5) is 12.7. The van der Waals surface area contributed by atoms with Crippen LogP contribution in [0.4, 0.5) is 0 Å². The van der Waals surface area contributed by atoms with Gasteiger partial charge >= 0.3 is 0 Å². The highest BCUT2D eigenvalue weighted by atomic mass is 32.2. The molecule has 160 valence electrons. The Hall–Kier alpha value is -2.22. The van der Waals surface area contributed by atoms with Crippen molar-refractivity contribution in [2.45, 2.75) is 55.6 Å². The number of nitrogen functional groups attached to an aromatic ring is 1. The molecule has 0 saturated heterocycles. The molecule has 1 aromatic heterocycles. The van der Waals surface area contributed by atoms with E-state index in [1.807, 2.05) is 24.3 Å². The quantitative estimate of drug-likeness (QED) is 0.521. The third-order valence-corrected chi connectivity index (χ3v) is 7.97. The minimum absolute atomic E-state index is 0.0440. The summed E-state index contributed by atoms with van der Waals surface area (Å²) in [5.74, 6) is 10.5. The molecule has 4 aliphatic rings. The van der Waals surface area contributed by atoms with Gasteiger partial charge < -0.3 is 15.9 Å². The first kappa shape index (κ1) is 19.7. The lowest BCUT2D eigenvalue weighted by Gasteiger charge is -2.56. The summed E-state index contributed by atoms with van der Waals surface area (Å²) in [6.45, 7) is 0. The van der Waals surface area contributed by atoms with Gasteiger partial charge in [0.2, 0.25) is 11.1 Å². The molecule has 4 saturated carbocycles. The Morgan fingerprint density at radius 3 is 2.40 bits per heavy atom. The first-order valence-electron chi connectivity index (χ1n) is 10.8. The number of hydrogen-bond acceptors (Lipinski definition) is 6. The maximum absolute atomic E-state index is 12.7. The van der Waals surface area contributed by atoms with Crippen molar-refractivity contribution >= 4 is 17.7 Å². The second-order valence-corrected chi connectivity index (χ2v) is 10.3. The molecule has 6 rings (SSSR count). The number of rotatable bonds is 7. The average Bonchev–Trinajstić information content (AvgIpc) is 3.05. The van der Waals surface area contributed by atoms with Crippen LogP contribution >= 0.6 is 11.8 Å². The monoisotopic (exact) mass is 427 g/mol. The highest BCUT2D eigenvalue weighted by Gasteiger charge is 2.51. The molecule has 0 unspecified atom stereocenters. The number of aromatic nitrogens is 3. The van der Waals surface area contributed by atoms with Crippen molar-refractivity contribution in [1.82, 2.24) is 20.2 Å². The molecule has 0 atom stereocenters. The Balaban J connectivity index is 1.17. The summed E-state index contributed by atoms with van der Waals surface area (Å²) < 4.78 is 6.68. The molecule has 0 radical (unpaired) electrons. The molecule has 1 amide bonds. The number of methoxy groups -OCH3 is 1. The number of amides is 1. The second-order valence-electron chi connectivity index (χ2n) is 9.33. The predicted molar refractivity (Wildman–Crippen MR) is 116 cm³/mol. The Bertz CT molecular complexity index is 891. The summed E-state index contributed by atoms with van der Waals surface area (Å²) in [7, 11) is 1.65. The van der Waals surface area contributed by atoms with Crippen molar-refractivity contribution in [2.24, 2.45) is 17.8 Å². The topological polar surface area (TPSA) is 95.1 Å². The van der Waals surface area contributed by atoms with Crippen LogP contribution in [0.1, 0.15) is 49.9 Å². The van der Waals surface area contributed by atoms with Gasteiger partial charge in [0.25, 0.3) is 0 Å². The number of hydrogen-bond donors (Lipinski definition) is 2. The summed E-state index contributed by atoms with van der Waals surface area (Å²) >= 11 is 1.35. The standard InChI is InChI=1S/C22H29N5O2S/c1-29-18-4-2-14(3-5-18)9-19-25-26-21(27(19)23)30-13-20(28)24-22-10-15-6-16(11-22)8-17(7-15)12-22/h2-5,15-17H,6-13,23H2,1H3,(H,24,28). The van der Waals surface area contributed by atoms with Crippen molar-refractivity contribution in [3.63, 3.8) is 0 Å². The molecule has 0 aliphatic heterocycles. The van der Waals surface area contributed by atoms with E-state index in [1.54, 1.807) is 7.11 Å². The summed E-state index contributed by atoms with van der Waals surface area (Å²) in [5.41, 5.74) is 1.12. The Labute approximate surface area is 181 Å². The molecular formula is C22H29N5O2S. The molecule has 30 heavy (non-hydrogen) atoms. The first-order chi connectivity index (χ1) is 14.5. The van der Waals surface area contributed by atoms with Crippen LogP contribution in [0, 0.1) is 17.8 Å².